The molecular weight excluding hydrogens is 256 g/mol. The molecule has 2 atom stereocenters. The van der Waals surface area contributed by atoms with Gasteiger partial charge in [-0.25, -0.2) is 0 Å². The van der Waals surface area contributed by atoms with Crippen molar-refractivity contribution < 1.29 is 4.79 Å². The minimum Gasteiger partial charge on any atom is -0.341 e. The van der Waals surface area contributed by atoms with E-state index in [0.29, 0.717) is 12.5 Å². The normalized spacial score (nSPS) is 20.6. The Labute approximate surface area is 118 Å². The Morgan fingerprint density at radius 1 is 1.63 bits per heavy atom. The van der Waals surface area contributed by atoms with E-state index in [1.54, 1.807) is 0 Å². The molecule has 1 aromatic heterocycles. The van der Waals surface area contributed by atoms with Crippen molar-refractivity contribution in [2.45, 2.75) is 20.3 Å². The van der Waals surface area contributed by atoms with Gasteiger partial charge >= 0.3 is 0 Å². The quantitative estimate of drug-likeness (QED) is 0.859. The van der Waals surface area contributed by atoms with Crippen molar-refractivity contribution >= 4 is 17.2 Å². The van der Waals surface area contributed by atoms with Gasteiger partial charge in [0.25, 0.3) is 5.91 Å². The van der Waals surface area contributed by atoms with Crippen molar-refractivity contribution in [3.63, 3.8) is 0 Å². The van der Waals surface area contributed by atoms with Gasteiger partial charge in [0.2, 0.25) is 0 Å². The van der Waals surface area contributed by atoms with E-state index in [1.807, 2.05) is 24.9 Å². The molecule has 2 N–H and O–H groups in total. The number of carbonyl (C=O) groups is 1. The summed E-state index contributed by atoms with van der Waals surface area (Å²) in [5, 5.41) is 0. The predicted octanol–water partition coefficient (Wildman–Crippen LogP) is 2.09. The summed E-state index contributed by atoms with van der Waals surface area (Å²) in [6, 6.07) is 1.93. The lowest BCUT2D eigenvalue weighted by atomic mass is 10.2. The molecule has 0 aromatic carbocycles. The third-order valence-electron chi connectivity index (χ3n) is 3.56. The molecule has 1 aromatic rings. The molecule has 1 aliphatic carbocycles. The molecule has 0 spiro atoms. The number of nitrogens with two attached hydrogens (primary N) is 1. The summed E-state index contributed by atoms with van der Waals surface area (Å²) in [5.41, 5.74) is 6.43. The molecule has 102 valence electrons. The third kappa shape index (κ3) is 3.37. The first kappa shape index (κ1) is 14.1. The number of hydrogen-bond donors (Lipinski definition) is 1. The maximum absolute atomic E-state index is 12.3. The summed E-state index contributed by atoms with van der Waals surface area (Å²) >= 11 is 1.46. The lowest BCUT2D eigenvalue weighted by molar-refractivity contribution is 0.0792. The third-order valence-corrected chi connectivity index (χ3v) is 4.70. The number of amides is 1. The summed E-state index contributed by atoms with van der Waals surface area (Å²) < 4.78 is 0. The van der Waals surface area contributed by atoms with Crippen molar-refractivity contribution in [1.29, 1.82) is 0 Å². The van der Waals surface area contributed by atoms with Crippen LogP contribution in [0.25, 0.3) is 0 Å². The minimum absolute atomic E-state index is 0.105. The molecule has 3 nitrogen and oxygen atoms in total. The van der Waals surface area contributed by atoms with E-state index in [2.05, 4.69) is 18.8 Å². The first-order valence-electron chi connectivity index (χ1n) is 6.57. The number of carbonyl (C=O) groups excluding carboxylic acids is 1. The lowest BCUT2D eigenvalue weighted by Crippen LogP contribution is -2.28. The van der Waals surface area contributed by atoms with Crippen LogP contribution in [0, 0.1) is 30.6 Å². The average molecular weight is 276 g/mol. The highest BCUT2D eigenvalue weighted by Crippen LogP contribution is 2.38. The number of aryl methyl sites for hydroxylation is 1. The van der Waals surface area contributed by atoms with Gasteiger partial charge in [-0.3, -0.25) is 4.79 Å². The first-order valence-corrected chi connectivity index (χ1v) is 7.39. The SMILES string of the molecule is Cc1cc(C(=O)N(C)CC2CC2C)sc1C#CCN. The van der Waals surface area contributed by atoms with Gasteiger partial charge in [-0.1, -0.05) is 18.8 Å². The molecule has 19 heavy (non-hydrogen) atoms. The van der Waals surface area contributed by atoms with E-state index >= 15 is 0 Å². The molecule has 0 radical (unpaired) electrons. The second-order valence-corrected chi connectivity index (χ2v) is 6.34. The zero-order chi connectivity index (χ0) is 14.0. The standard InChI is InChI=1S/C15H20N2OS/c1-10-7-12(10)9-17(3)15(18)14-8-11(2)13(19-14)5-4-6-16/h8,10,12H,6-7,9,16H2,1-3H3. The Bertz CT molecular complexity index is 538. The Morgan fingerprint density at radius 3 is 2.89 bits per heavy atom. The fourth-order valence-electron chi connectivity index (χ4n) is 2.12. The van der Waals surface area contributed by atoms with Crippen LogP contribution in [0.15, 0.2) is 6.07 Å². The molecular formula is C15H20N2OS. The fraction of sp³-hybridized carbons (Fsp3) is 0.533. The molecule has 2 unspecified atom stereocenters. The fourth-order valence-corrected chi connectivity index (χ4v) is 3.16. The van der Waals surface area contributed by atoms with Crippen molar-refractivity contribution in [3.8, 4) is 11.8 Å². The van der Waals surface area contributed by atoms with Gasteiger partial charge in [0.15, 0.2) is 0 Å². The van der Waals surface area contributed by atoms with Crippen molar-refractivity contribution in [2.24, 2.45) is 17.6 Å². The highest BCUT2D eigenvalue weighted by molar-refractivity contribution is 7.14. The van der Waals surface area contributed by atoms with E-state index in [9.17, 15) is 4.79 Å². The summed E-state index contributed by atoms with van der Waals surface area (Å²) in [6.45, 7) is 5.43. The van der Waals surface area contributed by atoms with Crippen molar-refractivity contribution in [1.82, 2.24) is 4.90 Å². The van der Waals surface area contributed by atoms with E-state index in [0.717, 1.165) is 27.8 Å². The van der Waals surface area contributed by atoms with Crippen LogP contribution in [-0.2, 0) is 0 Å². The average Bonchev–Trinajstić information content (AvgIpc) is 2.93. The van der Waals surface area contributed by atoms with Crippen LogP contribution in [0.1, 0.15) is 33.5 Å². The Kier molecular flexibility index (Phi) is 4.28. The number of nitrogens with zero attached hydrogens (tertiary/aromatic N) is 1. The predicted molar refractivity (Wildman–Crippen MR) is 79.2 cm³/mol. The number of thiophene rings is 1. The van der Waals surface area contributed by atoms with Gasteiger partial charge in [0.1, 0.15) is 0 Å². The first-order chi connectivity index (χ1) is 9.02. The van der Waals surface area contributed by atoms with Crippen molar-refractivity contribution in [3.05, 3.63) is 21.4 Å². The Morgan fingerprint density at radius 2 is 2.32 bits per heavy atom. The molecule has 2 rings (SSSR count). The van der Waals surface area contributed by atoms with Crippen LogP contribution in [-0.4, -0.2) is 30.9 Å². The van der Waals surface area contributed by atoms with E-state index in [1.165, 1.54) is 17.8 Å². The molecule has 0 saturated heterocycles. The van der Waals surface area contributed by atoms with E-state index in [4.69, 9.17) is 5.73 Å². The second kappa shape index (κ2) is 5.77. The molecule has 1 amide bonds. The summed E-state index contributed by atoms with van der Waals surface area (Å²) in [4.78, 5) is 15.9. The van der Waals surface area contributed by atoms with Gasteiger partial charge in [-0.2, -0.15) is 0 Å². The maximum atomic E-state index is 12.3. The maximum Gasteiger partial charge on any atom is 0.263 e. The van der Waals surface area contributed by atoms with Crippen LogP contribution >= 0.6 is 11.3 Å². The minimum atomic E-state index is 0.105. The summed E-state index contributed by atoms with van der Waals surface area (Å²) in [5.74, 6) is 7.42. The van der Waals surface area contributed by atoms with Crippen LogP contribution in [0.5, 0.6) is 0 Å². The van der Waals surface area contributed by atoms with Crippen LogP contribution in [0.2, 0.25) is 0 Å². The highest BCUT2D eigenvalue weighted by Gasteiger charge is 2.34. The van der Waals surface area contributed by atoms with Crippen LogP contribution in [0.3, 0.4) is 0 Å². The second-order valence-electron chi connectivity index (χ2n) is 5.29. The zero-order valence-electron chi connectivity index (χ0n) is 11.7. The summed E-state index contributed by atoms with van der Waals surface area (Å²) in [7, 11) is 1.88. The number of hydrogen-bond acceptors (Lipinski definition) is 3. The monoisotopic (exact) mass is 276 g/mol. The van der Waals surface area contributed by atoms with Gasteiger partial charge in [0.05, 0.1) is 16.3 Å². The topological polar surface area (TPSA) is 46.3 Å². The molecule has 1 fully saturated rings. The molecule has 1 saturated carbocycles. The Hall–Kier alpha value is -1.31. The highest BCUT2D eigenvalue weighted by atomic mass is 32.1. The zero-order valence-corrected chi connectivity index (χ0v) is 12.5. The number of rotatable bonds is 3. The van der Waals surface area contributed by atoms with Gasteiger partial charge in [-0.15, -0.1) is 11.3 Å². The molecule has 1 aliphatic rings. The van der Waals surface area contributed by atoms with Gasteiger partial charge in [-0.05, 0) is 36.8 Å². The van der Waals surface area contributed by atoms with Crippen molar-refractivity contribution in [2.75, 3.05) is 20.1 Å². The summed E-state index contributed by atoms with van der Waals surface area (Å²) in [6.07, 6.45) is 1.24. The smallest absolute Gasteiger partial charge is 0.263 e. The largest absolute Gasteiger partial charge is 0.341 e. The van der Waals surface area contributed by atoms with Gasteiger partial charge in [0, 0.05) is 13.6 Å². The molecule has 1 heterocycles. The van der Waals surface area contributed by atoms with E-state index in [-0.39, 0.29) is 5.91 Å². The molecule has 4 heteroatoms. The van der Waals surface area contributed by atoms with E-state index < -0.39 is 0 Å². The molecule has 0 aliphatic heterocycles. The Balaban J connectivity index is 2.06. The van der Waals surface area contributed by atoms with Gasteiger partial charge < -0.3 is 10.6 Å². The van der Waals surface area contributed by atoms with Crippen LogP contribution < -0.4 is 5.73 Å². The molecule has 0 bridgehead atoms. The van der Waals surface area contributed by atoms with Crippen LogP contribution in [0.4, 0.5) is 0 Å². The lowest BCUT2D eigenvalue weighted by Gasteiger charge is -2.15.